The van der Waals surface area contributed by atoms with Gasteiger partial charge in [0.1, 0.15) is 5.75 Å². The number of imide groups is 1. The number of hydrogen-bond acceptors (Lipinski definition) is 4. The van der Waals surface area contributed by atoms with Gasteiger partial charge in [-0.15, -0.1) is 0 Å². The normalized spacial score (nSPS) is 23.8. The molecule has 4 rings (SSSR count). The van der Waals surface area contributed by atoms with Gasteiger partial charge in [-0.1, -0.05) is 25.1 Å². The van der Waals surface area contributed by atoms with Crippen LogP contribution in [0.2, 0.25) is 0 Å². The standard InChI is InChI=1S/C24H25NO4/c1-14-7-12-19-20(13-14)23(27)25(22(19)26)18-10-8-17(9-11-18)24(28)29-21-15(2)5-4-6-16(21)3/h4-6,8-11,14,19-20H,7,12-13H2,1-3H3/t14-,19+,20-/m1/s1. The second kappa shape index (κ2) is 7.47. The van der Waals surface area contributed by atoms with Crippen LogP contribution in [-0.4, -0.2) is 17.8 Å². The Balaban J connectivity index is 1.53. The quantitative estimate of drug-likeness (QED) is 0.441. The van der Waals surface area contributed by atoms with Gasteiger partial charge in [0.05, 0.1) is 23.1 Å². The van der Waals surface area contributed by atoms with E-state index in [4.69, 9.17) is 4.74 Å². The first-order valence-electron chi connectivity index (χ1n) is 10.1. The molecule has 1 saturated heterocycles. The minimum Gasteiger partial charge on any atom is -0.422 e. The van der Waals surface area contributed by atoms with Crippen molar-refractivity contribution < 1.29 is 19.1 Å². The van der Waals surface area contributed by atoms with E-state index in [2.05, 4.69) is 6.92 Å². The van der Waals surface area contributed by atoms with Gasteiger partial charge in [0, 0.05) is 0 Å². The lowest BCUT2D eigenvalue weighted by molar-refractivity contribution is -0.122. The Morgan fingerprint density at radius 2 is 1.55 bits per heavy atom. The molecule has 0 spiro atoms. The van der Waals surface area contributed by atoms with Crippen molar-refractivity contribution in [2.24, 2.45) is 17.8 Å². The molecule has 1 saturated carbocycles. The van der Waals surface area contributed by atoms with Crippen LogP contribution in [0.4, 0.5) is 5.69 Å². The van der Waals surface area contributed by atoms with Gasteiger partial charge in [0.2, 0.25) is 11.8 Å². The summed E-state index contributed by atoms with van der Waals surface area (Å²) in [6.45, 7) is 5.92. The summed E-state index contributed by atoms with van der Waals surface area (Å²) in [4.78, 5) is 39.5. The number of hydrogen-bond donors (Lipinski definition) is 0. The molecule has 5 heteroatoms. The highest BCUT2D eigenvalue weighted by Crippen LogP contribution is 2.42. The maximum absolute atomic E-state index is 12.8. The second-order valence-corrected chi connectivity index (χ2v) is 8.30. The number of aryl methyl sites for hydroxylation is 2. The number of carbonyl (C=O) groups excluding carboxylic acids is 3. The molecule has 29 heavy (non-hydrogen) atoms. The zero-order chi connectivity index (χ0) is 20.7. The maximum Gasteiger partial charge on any atom is 0.343 e. The van der Waals surface area contributed by atoms with Gasteiger partial charge in [-0.25, -0.2) is 4.79 Å². The molecule has 2 fully saturated rings. The molecule has 0 radical (unpaired) electrons. The van der Waals surface area contributed by atoms with Gasteiger partial charge in [-0.05, 0) is 74.4 Å². The number of amides is 2. The van der Waals surface area contributed by atoms with Crippen molar-refractivity contribution in [2.45, 2.75) is 40.0 Å². The van der Waals surface area contributed by atoms with Crippen LogP contribution < -0.4 is 9.64 Å². The monoisotopic (exact) mass is 391 g/mol. The lowest BCUT2D eigenvalue weighted by Gasteiger charge is -2.25. The summed E-state index contributed by atoms with van der Waals surface area (Å²) < 4.78 is 5.57. The van der Waals surface area contributed by atoms with Gasteiger partial charge in [-0.3, -0.25) is 14.5 Å². The topological polar surface area (TPSA) is 63.7 Å². The third-order valence-electron chi connectivity index (χ3n) is 6.15. The van der Waals surface area contributed by atoms with Crippen molar-refractivity contribution in [1.82, 2.24) is 0 Å². The molecule has 2 amide bonds. The fourth-order valence-electron chi connectivity index (χ4n) is 4.50. The van der Waals surface area contributed by atoms with Crippen molar-refractivity contribution in [3.63, 3.8) is 0 Å². The third kappa shape index (κ3) is 3.46. The lowest BCUT2D eigenvalue weighted by atomic mass is 9.76. The van der Waals surface area contributed by atoms with Crippen LogP contribution in [0.15, 0.2) is 42.5 Å². The number of fused-ring (bicyclic) bond motifs is 1. The number of benzene rings is 2. The minimum absolute atomic E-state index is 0.113. The van der Waals surface area contributed by atoms with Crippen molar-refractivity contribution >= 4 is 23.5 Å². The Morgan fingerprint density at radius 3 is 2.21 bits per heavy atom. The van der Waals surface area contributed by atoms with Crippen LogP contribution in [0.25, 0.3) is 0 Å². The van der Waals surface area contributed by atoms with Crippen LogP contribution in [0, 0.1) is 31.6 Å². The molecule has 1 aliphatic heterocycles. The van der Waals surface area contributed by atoms with Crippen LogP contribution in [0.5, 0.6) is 5.75 Å². The highest BCUT2D eigenvalue weighted by Gasteiger charge is 2.49. The number of ether oxygens (including phenoxy) is 1. The van der Waals surface area contributed by atoms with E-state index in [0.29, 0.717) is 22.9 Å². The first kappa shape index (κ1) is 19.4. The van der Waals surface area contributed by atoms with E-state index in [0.717, 1.165) is 30.4 Å². The highest BCUT2D eigenvalue weighted by atomic mass is 16.5. The SMILES string of the molecule is Cc1cccc(C)c1OC(=O)c1ccc(N2C(=O)[C@H]3CC[C@@H](C)C[C@H]3C2=O)cc1. The smallest absolute Gasteiger partial charge is 0.343 e. The molecule has 2 aromatic carbocycles. The minimum atomic E-state index is -0.462. The third-order valence-corrected chi connectivity index (χ3v) is 6.15. The molecule has 0 unspecified atom stereocenters. The fraction of sp³-hybridized carbons (Fsp3) is 0.375. The molecule has 0 aromatic heterocycles. The van der Waals surface area contributed by atoms with E-state index in [1.54, 1.807) is 24.3 Å². The molecule has 1 aliphatic carbocycles. The number of carbonyl (C=O) groups is 3. The Morgan fingerprint density at radius 1 is 0.931 bits per heavy atom. The van der Waals surface area contributed by atoms with E-state index in [1.165, 1.54) is 4.90 Å². The average molecular weight is 391 g/mol. The molecule has 2 aromatic rings. The van der Waals surface area contributed by atoms with Crippen LogP contribution in [0.1, 0.15) is 47.7 Å². The zero-order valence-electron chi connectivity index (χ0n) is 17.0. The van der Waals surface area contributed by atoms with Crippen molar-refractivity contribution in [3.05, 3.63) is 59.2 Å². The summed E-state index contributed by atoms with van der Waals surface area (Å²) in [5.41, 5.74) is 2.67. The summed E-state index contributed by atoms with van der Waals surface area (Å²) in [7, 11) is 0. The fourth-order valence-corrected chi connectivity index (χ4v) is 4.50. The summed E-state index contributed by atoms with van der Waals surface area (Å²) in [6.07, 6.45) is 2.52. The van der Waals surface area contributed by atoms with E-state index in [1.807, 2.05) is 32.0 Å². The molecule has 1 heterocycles. The number of para-hydroxylation sites is 1. The highest BCUT2D eigenvalue weighted by molar-refractivity contribution is 6.22. The van der Waals surface area contributed by atoms with Crippen LogP contribution in [-0.2, 0) is 9.59 Å². The van der Waals surface area contributed by atoms with Crippen LogP contribution in [0.3, 0.4) is 0 Å². The number of nitrogens with zero attached hydrogens (tertiary/aromatic N) is 1. The van der Waals surface area contributed by atoms with Crippen molar-refractivity contribution in [3.8, 4) is 5.75 Å². The molecular formula is C24H25NO4. The first-order chi connectivity index (χ1) is 13.9. The molecular weight excluding hydrogens is 366 g/mol. The van der Waals surface area contributed by atoms with Crippen molar-refractivity contribution in [1.29, 1.82) is 0 Å². The van der Waals surface area contributed by atoms with Gasteiger partial charge in [0.15, 0.2) is 0 Å². The summed E-state index contributed by atoms with van der Waals surface area (Å²) in [5, 5.41) is 0. The molecule has 2 aliphatic rings. The second-order valence-electron chi connectivity index (χ2n) is 8.30. The molecule has 3 atom stereocenters. The predicted molar refractivity (Wildman–Crippen MR) is 110 cm³/mol. The Labute approximate surface area is 170 Å². The first-order valence-corrected chi connectivity index (χ1v) is 10.1. The maximum atomic E-state index is 12.8. The van der Waals surface area contributed by atoms with Gasteiger partial charge in [0.25, 0.3) is 0 Å². The van der Waals surface area contributed by atoms with Gasteiger partial charge < -0.3 is 4.74 Å². The number of rotatable bonds is 3. The van der Waals surface area contributed by atoms with Crippen LogP contribution >= 0.6 is 0 Å². The molecule has 0 bridgehead atoms. The predicted octanol–water partition coefficient (Wildman–Crippen LogP) is 4.45. The molecule has 5 nitrogen and oxygen atoms in total. The number of esters is 1. The average Bonchev–Trinajstić information content (AvgIpc) is 2.94. The lowest BCUT2D eigenvalue weighted by Crippen LogP contribution is -2.30. The zero-order valence-corrected chi connectivity index (χ0v) is 17.0. The summed E-state index contributed by atoms with van der Waals surface area (Å²) in [6, 6.07) is 12.2. The van der Waals surface area contributed by atoms with Crippen molar-refractivity contribution in [2.75, 3.05) is 4.90 Å². The molecule has 150 valence electrons. The largest absolute Gasteiger partial charge is 0.422 e. The van der Waals surface area contributed by atoms with Gasteiger partial charge in [-0.2, -0.15) is 0 Å². The Kier molecular flexibility index (Phi) is 4.99. The van der Waals surface area contributed by atoms with E-state index in [9.17, 15) is 14.4 Å². The van der Waals surface area contributed by atoms with E-state index in [-0.39, 0.29) is 23.7 Å². The Bertz CT molecular complexity index is 959. The summed E-state index contributed by atoms with van der Waals surface area (Å²) >= 11 is 0. The summed E-state index contributed by atoms with van der Waals surface area (Å²) in [5.74, 6) is -0.0716. The van der Waals surface area contributed by atoms with Gasteiger partial charge >= 0.3 is 5.97 Å². The molecule has 0 N–H and O–H groups in total. The van der Waals surface area contributed by atoms with E-state index >= 15 is 0 Å². The number of anilines is 1. The van der Waals surface area contributed by atoms with E-state index < -0.39 is 5.97 Å². The Hall–Kier alpha value is -2.95.